The topological polar surface area (TPSA) is 54.2 Å². The Labute approximate surface area is 157 Å². The molecule has 26 heavy (non-hydrogen) atoms. The molecule has 0 bridgehead atoms. The molecule has 0 saturated carbocycles. The van der Waals surface area contributed by atoms with Crippen LogP contribution in [-0.2, 0) is 19.5 Å². The summed E-state index contributed by atoms with van der Waals surface area (Å²) in [6, 6.07) is 13.3. The van der Waals surface area contributed by atoms with Gasteiger partial charge in [0.05, 0.1) is 5.69 Å². The molecule has 1 atom stereocenters. The number of rotatable bonds is 9. The van der Waals surface area contributed by atoms with Crippen molar-refractivity contribution in [2.75, 3.05) is 19.6 Å². The SMILES string of the molecule is C=Cc1cccnc1CN(CCCCN)CC1Cc2ccccc2CN1. The van der Waals surface area contributed by atoms with Crippen LogP contribution in [0.1, 0.15) is 35.2 Å². The summed E-state index contributed by atoms with van der Waals surface area (Å²) in [5.74, 6) is 0. The normalized spacial score (nSPS) is 16.5. The number of unbranched alkanes of at least 4 members (excludes halogenated alkanes) is 1. The molecule has 0 spiro atoms. The van der Waals surface area contributed by atoms with Crippen molar-refractivity contribution < 1.29 is 0 Å². The predicted molar refractivity (Wildman–Crippen MR) is 109 cm³/mol. The molecular formula is C22H30N4. The van der Waals surface area contributed by atoms with Crippen molar-refractivity contribution >= 4 is 6.08 Å². The number of hydrogen-bond donors (Lipinski definition) is 2. The fraction of sp³-hybridized carbons (Fsp3) is 0.409. The number of nitrogens with zero attached hydrogens (tertiary/aromatic N) is 2. The minimum atomic E-state index is 0.471. The molecule has 4 nitrogen and oxygen atoms in total. The number of pyridine rings is 1. The highest BCUT2D eigenvalue weighted by molar-refractivity contribution is 5.49. The molecule has 3 rings (SSSR count). The van der Waals surface area contributed by atoms with Gasteiger partial charge in [-0.3, -0.25) is 9.88 Å². The number of benzene rings is 1. The molecular weight excluding hydrogens is 320 g/mol. The third-order valence-electron chi connectivity index (χ3n) is 5.09. The molecule has 0 aliphatic carbocycles. The molecule has 4 heteroatoms. The first-order valence-electron chi connectivity index (χ1n) is 9.59. The van der Waals surface area contributed by atoms with Crippen LogP contribution in [-0.4, -0.2) is 35.6 Å². The second-order valence-electron chi connectivity index (χ2n) is 7.03. The van der Waals surface area contributed by atoms with Gasteiger partial charge >= 0.3 is 0 Å². The van der Waals surface area contributed by atoms with Crippen LogP contribution in [0.2, 0.25) is 0 Å². The molecule has 2 aromatic rings. The van der Waals surface area contributed by atoms with Gasteiger partial charge in [-0.1, -0.05) is 43.0 Å². The summed E-state index contributed by atoms with van der Waals surface area (Å²) in [6.45, 7) is 8.56. The highest BCUT2D eigenvalue weighted by atomic mass is 15.2. The van der Waals surface area contributed by atoms with Crippen LogP contribution in [0.4, 0.5) is 0 Å². The number of aromatic nitrogens is 1. The molecule has 0 saturated heterocycles. The fourth-order valence-corrected chi connectivity index (χ4v) is 3.66. The van der Waals surface area contributed by atoms with Gasteiger partial charge in [-0.25, -0.2) is 0 Å². The molecule has 0 radical (unpaired) electrons. The van der Waals surface area contributed by atoms with Crippen molar-refractivity contribution in [2.45, 2.75) is 38.4 Å². The second-order valence-corrected chi connectivity index (χ2v) is 7.03. The lowest BCUT2D eigenvalue weighted by Gasteiger charge is -2.32. The first-order valence-corrected chi connectivity index (χ1v) is 9.59. The Morgan fingerprint density at radius 1 is 1.19 bits per heavy atom. The Kier molecular flexibility index (Phi) is 6.95. The van der Waals surface area contributed by atoms with E-state index in [1.807, 2.05) is 18.3 Å². The van der Waals surface area contributed by atoms with Crippen LogP contribution >= 0.6 is 0 Å². The van der Waals surface area contributed by atoms with Crippen LogP contribution in [0.25, 0.3) is 6.08 Å². The van der Waals surface area contributed by atoms with Crippen LogP contribution in [0.15, 0.2) is 49.2 Å². The average molecular weight is 351 g/mol. The third-order valence-corrected chi connectivity index (χ3v) is 5.09. The minimum absolute atomic E-state index is 0.471. The maximum Gasteiger partial charge on any atom is 0.0615 e. The second kappa shape index (κ2) is 9.62. The summed E-state index contributed by atoms with van der Waals surface area (Å²) in [4.78, 5) is 7.10. The highest BCUT2D eigenvalue weighted by Crippen LogP contribution is 2.18. The van der Waals surface area contributed by atoms with E-state index in [4.69, 9.17) is 5.73 Å². The van der Waals surface area contributed by atoms with Crippen LogP contribution in [0, 0.1) is 0 Å². The van der Waals surface area contributed by atoms with E-state index in [1.54, 1.807) is 0 Å². The summed E-state index contributed by atoms with van der Waals surface area (Å²) in [7, 11) is 0. The Morgan fingerprint density at radius 3 is 2.85 bits per heavy atom. The monoisotopic (exact) mass is 350 g/mol. The van der Waals surface area contributed by atoms with Gasteiger partial charge in [0.25, 0.3) is 0 Å². The molecule has 1 unspecified atom stereocenters. The zero-order valence-electron chi connectivity index (χ0n) is 15.5. The highest BCUT2D eigenvalue weighted by Gasteiger charge is 2.20. The number of nitrogens with one attached hydrogen (secondary N) is 1. The molecule has 0 fully saturated rings. The Balaban J connectivity index is 1.67. The van der Waals surface area contributed by atoms with E-state index in [0.717, 1.165) is 63.2 Å². The average Bonchev–Trinajstić information content (AvgIpc) is 2.68. The lowest BCUT2D eigenvalue weighted by molar-refractivity contribution is 0.222. The van der Waals surface area contributed by atoms with Crippen molar-refractivity contribution in [1.29, 1.82) is 0 Å². The molecule has 1 aliphatic rings. The molecule has 1 aromatic carbocycles. The zero-order valence-corrected chi connectivity index (χ0v) is 15.5. The molecule has 2 heterocycles. The van der Waals surface area contributed by atoms with Gasteiger partial charge in [-0.05, 0) is 55.1 Å². The molecule has 0 amide bonds. The number of nitrogens with two attached hydrogens (primary N) is 1. The predicted octanol–water partition coefficient (Wildman–Crippen LogP) is 2.98. The molecule has 138 valence electrons. The Hall–Kier alpha value is -2.01. The summed E-state index contributed by atoms with van der Waals surface area (Å²) in [5, 5.41) is 3.70. The van der Waals surface area contributed by atoms with Crippen molar-refractivity contribution in [3.8, 4) is 0 Å². The van der Waals surface area contributed by atoms with Crippen molar-refractivity contribution in [3.05, 3.63) is 71.6 Å². The molecule has 1 aliphatic heterocycles. The van der Waals surface area contributed by atoms with E-state index in [0.29, 0.717) is 6.04 Å². The van der Waals surface area contributed by atoms with Crippen molar-refractivity contribution in [3.63, 3.8) is 0 Å². The summed E-state index contributed by atoms with van der Waals surface area (Å²) in [6.07, 6.45) is 7.04. The van der Waals surface area contributed by atoms with Crippen LogP contribution in [0.3, 0.4) is 0 Å². The van der Waals surface area contributed by atoms with Gasteiger partial charge in [-0.2, -0.15) is 0 Å². The number of hydrogen-bond acceptors (Lipinski definition) is 4. The summed E-state index contributed by atoms with van der Waals surface area (Å²) < 4.78 is 0. The van der Waals surface area contributed by atoms with Gasteiger partial charge in [-0.15, -0.1) is 0 Å². The maximum absolute atomic E-state index is 5.69. The van der Waals surface area contributed by atoms with E-state index in [9.17, 15) is 0 Å². The Morgan fingerprint density at radius 2 is 2.04 bits per heavy atom. The van der Waals surface area contributed by atoms with Crippen LogP contribution < -0.4 is 11.1 Å². The molecule has 3 N–H and O–H groups in total. The van der Waals surface area contributed by atoms with Gasteiger partial charge in [0.1, 0.15) is 0 Å². The van der Waals surface area contributed by atoms with E-state index >= 15 is 0 Å². The van der Waals surface area contributed by atoms with Crippen LogP contribution in [0.5, 0.6) is 0 Å². The van der Waals surface area contributed by atoms with Gasteiger partial charge in [0, 0.05) is 31.9 Å². The summed E-state index contributed by atoms with van der Waals surface area (Å²) in [5.41, 5.74) is 10.8. The van der Waals surface area contributed by atoms with E-state index in [2.05, 4.69) is 52.1 Å². The minimum Gasteiger partial charge on any atom is -0.330 e. The zero-order chi connectivity index (χ0) is 18.2. The largest absolute Gasteiger partial charge is 0.330 e. The maximum atomic E-state index is 5.69. The quantitative estimate of drug-likeness (QED) is 0.683. The van der Waals surface area contributed by atoms with Gasteiger partial charge in [0.15, 0.2) is 0 Å². The Bertz CT molecular complexity index is 713. The van der Waals surface area contributed by atoms with E-state index in [1.165, 1.54) is 11.1 Å². The van der Waals surface area contributed by atoms with Crippen molar-refractivity contribution in [1.82, 2.24) is 15.2 Å². The first kappa shape index (κ1) is 18.8. The number of fused-ring (bicyclic) bond motifs is 1. The van der Waals surface area contributed by atoms with Crippen molar-refractivity contribution in [2.24, 2.45) is 5.73 Å². The van der Waals surface area contributed by atoms with E-state index in [-0.39, 0.29) is 0 Å². The third kappa shape index (κ3) is 5.01. The summed E-state index contributed by atoms with van der Waals surface area (Å²) >= 11 is 0. The van der Waals surface area contributed by atoms with E-state index < -0.39 is 0 Å². The first-order chi connectivity index (χ1) is 12.8. The lowest BCUT2D eigenvalue weighted by Crippen LogP contribution is -2.45. The van der Waals surface area contributed by atoms with Gasteiger partial charge in [0.2, 0.25) is 0 Å². The van der Waals surface area contributed by atoms with Gasteiger partial charge < -0.3 is 11.1 Å². The fourth-order valence-electron chi connectivity index (χ4n) is 3.66. The molecule has 1 aromatic heterocycles. The lowest BCUT2D eigenvalue weighted by atomic mass is 9.95. The standard InChI is InChI=1S/C22H30N4/c1-2-18-10-7-12-24-22(18)17-26(13-6-5-11-23)16-21-14-19-8-3-4-9-20(19)15-25-21/h2-4,7-10,12,21,25H,1,5-6,11,13-17,23H2. The smallest absolute Gasteiger partial charge is 0.0615 e.